The van der Waals surface area contributed by atoms with Crippen molar-refractivity contribution in [3.05, 3.63) is 0 Å². The molecule has 3 heterocycles. The fraction of sp³-hybridized carbons (Fsp3) is 1.00. The molecule has 3 saturated heterocycles. The van der Waals surface area contributed by atoms with Gasteiger partial charge in [-0.3, -0.25) is 9.80 Å². The lowest BCUT2D eigenvalue weighted by molar-refractivity contribution is 0.196. The summed E-state index contributed by atoms with van der Waals surface area (Å²) in [5.74, 6) is 0. The predicted octanol–water partition coefficient (Wildman–Crippen LogP) is 0.846. The molecule has 0 bridgehead atoms. The molecular weight excluding hydrogens is 236 g/mol. The molecule has 2 N–H and O–H groups in total. The molecule has 4 nitrogen and oxygen atoms in total. The van der Waals surface area contributed by atoms with Gasteiger partial charge in [0.15, 0.2) is 0 Å². The van der Waals surface area contributed by atoms with Crippen molar-refractivity contribution >= 4 is 0 Å². The molecule has 2 unspecified atom stereocenters. The van der Waals surface area contributed by atoms with Gasteiger partial charge in [0.25, 0.3) is 0 Å². The number of piperidine rings is 2. The third-order valence-corrected chi connectivity index (χ3v) is 4.91. The van der Waals surface area contributed by atoms with Gasteiger partial charge in [-0.1, -0.05) is 12.8 Å². The second kappa shape index (κ2) is 7.02. The highest BCUT2D eigenvalue weighted by atomic mass is 15.4. The van der Waals surface area contributed by atoms with Crippen molar-refractivity contribution in [1.82, 2.24) is 20.4 Å². The fourth-order valence-corrected chi connectivity index (χ4v) is 3.79. The van der Waals surface area contributed by atoms with E-state index in [1.165, 1.54) is 84.5 Å². The van der Waals surface area contributed by atoms with E-state index in [2.05, 4.69) is 20.4 Å². The summed E-state index contributed by atoms with van der Waals surface area (Å²) in [4.78, 5) is 5.29. The number of hydrogen-bond donors (Lipinski definition) is 2. The lowest BCUT2D eigenvalue weighted by atomic mass is 10.0. The minimum atomic E-state index is 0.751. The van der Waals surface area contributed by atoms with Crippen LogP contribution in [0.25, 0.3) is 0 Å². The van der Waals surface area contributed by atoms with E-state index in [4.69, 9.17) is 0 Å². The Morgan fingerprint density at radius 1 is 0.737 bits per heavy atom. The molecule has 3 aliphatic heterocycles. The maximum Gasteiger partial charge on any atom is 0.0508 e. The molecule has 0 saturated carbocycles. The third kappa shape index (κ3) is 4.15. The van der Waals surface area contributed by atoms with Gasteiger partial charge in [0.05, 0.1) is 6.67 Å². The molecule has 3 rings (SSSR count). The normalized spacial score (nSPS) is 34.7. The first-order valence-corrected chi connectivity index (χ1v) is 8.31. The summed E-state index contributed by atoms with van der Waals surface area (Å²) in [7, 11) is 0. The van der Waals surface area contributed by atoms with Gasteiger partial charge in [0.2, 0.25) is 0 Å². The molecule has 2 atom stereocenters. The Hall–Kier alpha value is -0.160. The Bertz CT molecular complexity index is 233. The maximum absolute atomic E-state index is 3.67. The van der Waals surface area contributed by atoms with Crippen LogP contribution in [0.1, 0.15) is 38.5 Å². The number of nitrogens with one attached hydrogen (secondary N) is 2. The fourth-order valence-electron chi connectivity index (χ4n) is 3.79. The molecule has 0 radical (unpaired) electrons. The van der Waals surface area contributed by atoms with Crippen molar-refractivity contribution in [3.8, 4) is 0 Å². The molecule has 3 aliphatic rings. The molecule has 19 heavy (non-hydrogen) atoms. The summed E-state index contributed by atoms with van der Waals surface area (Å²) in [6.07, 6.45) is 8.33. The van der Waals surface area contributed by atoms with Gasteiger partial charge in [-0.2, -0.15) is 0 Å². The zero-order valence-corrected chi connectivity index (χ0v) is 12.2. The van der Waals surface area contributed by atoms with Crippen molar-refractivity contribution < 1.29 is 0 Å². The number of rotatable bonds is 4. The van der Waals surface area contributed by atoms with Crippen molar-refractivity contribution in [3.63, 3.8) is 0 Å². The summed E-state index contributed by atoms with van der Waals surface area (Å²) in [6.45, 7) is 8.71. The first kappa shape index (κ1) is 13.8. The van der Waals surface area contributed by atoms with Crippen molar-refractivity contribution in [2.45, 2.75) is 50.6 Å². The third-order valence-electron chi connectivity index (χ3n) is 4.91. The molecule has 4 heteroatoms. The van der Waals surface area contributed by atoms with Gasteiger partial charge in [-0.05, 0) is 38.8 Å². The van der Waals surface area contributed by atoms with Gasteiger partial charge in [-0.15, -0.1) is 0 Å². The van der Waals surface area contributed by atoms with Gasteiger partial charge in [-0.25, -0.2) is 0 Å². The van der Waals surface area contributed by atoms with Gasteiger partial charge in [0.1, 0.15) is 0 Å². The van der Waals surface area contributed by atoms with Crippen LogP contribution in [-0.2, 0) is 0 Å². The van der Waals surface area contributed by atoms with E-state index in [1.807, 2.05) is 0 Å². The molecule has 3 fully saturated rings. The molecule has 0 aromatic heterocycles. The Labute approximate surface area is 117 Å². The van der Waals surface area contributed by atoms with Crippen LogP contribution >= 0.6 is 0 Å². The molecular formula is C15H30N4. The van der Waals surface area contributed by atoms with Crippen LogP contribution in [0.15, 0.2) is 0 Å². The van der Waals surface area contributed by atoms with Crippen molar-refractivity contribution in [1.29, 1.82) is 0 Å². The lowest BCUT2D eigenvalue weighted by Crippen LogP contribution is -2.45. The summed E-state index contributed by atoms with van der Waals surface area (Å²) in [5.41, 5.74) is 0. The summed E-state index contributed by atoms with van der Waals surface area (Å²) < 4.78 is 0. The monoisotopic (exact) mass is 266 g/mol. The second-order valence-electron chi connectivity index (χ2n) is 6.59. The Morgan fingerprint density at radius 3 is 1.68 bits per heavy atom. The average Bonchev–Trinajstić information content (AvgIpc) is 2.88. The maximum atomic E-state index is 3.67. The Kier molecular flexibility index (Phi) is 5.10. The largest absolute Gasteiger partial charge is 0.313 e. The van der Waals surface area contributed by atoms with Crippen LogP contribution in [0.5, 0.6) is 0 Å². The van der Waals surface area contributed by atoms with Gasteiger partial charge >= 0.3 is 0 Å². The predicted molar refractivity (Wildman–Crippen MR) is 79.3 cm³/mol. The molecule has 0 amide bonds. The summed E-state index contributed by atoms with van der Waals surface area (Å²) >= 11 is 0. The quantitative estimate of drug-likeness (QED) is 0.790. The molecule has 0 aliphatic carbocycles. The van der Waals surface area contributed by atoms with E-state index < -0.39 is 0 Å². The van der Waals surface area contributed by atoms with E-state index in [0.29, 0.717) is 0 Å². The number of nitrogens with zero attached hydrogens (tertiary/aromatic N) is 2. The highest BCUT2D eigenvalue weighted by Gasteiger charge is 2.25. The van der Waals surface area contributed by atoms with Crippen LogP contribution in [0, 0.1) is 0 Å². The van der Waals surface area contributed by atoms with E-state index in [0.717, 1.165) is 12.1 Å². The first-order chi connectivity index (χ1) is 9.40. The van der Waals surface area contributed by atoms with E-state index >= 15 is 0 Å². The molecule has 110 valence electrons. The highest BCUT2D eigenvalue weighted by Crippen LogP contribution is 2.14. The van der Waals surface area contributed by atoms with Crippen LogP contribution in [0.3, 0.4) is 0 Å². The van der Waals surface area contributed by atoms with Crippen LogP contribution in [0.4, 0.5) is 0 Å². The molecule has 0 aromatic carbocycles. The summed E-state index contributed by atoms with van der Waals surface area (Å²) in [6, 6.07) is 1.50. The zero-order valence-electron chi connectivity index (χ0n) is 12.2. The van der Waals surface area contributed by atoms with E-state index in [-0.39, 0.29) is 0 Å². The highest BCUT2D eigenvalue weighted by molar-refractivity contribution is 4.82. The number of hydrogen-bond acceptors (Lipinski definition) is 4. The van der Waals surface area contributed by atoms with Gasteiger partial charge < -0.3 is 10.6 Å². The first-order valence-electron chi connectivity index (χ1n) is 8.31. The van der Waals surface area contributed by atoms with Crippen LogP contribution in [0.2, 0.25) is 0 Å². The Balaban J connectivity index is 1.37. The topological polar surface area (TPSA) is 30.5 Å². The van der Waals surface area contributed by atoms with Crippen molar-refractivity contribution in [2.24, 2.45) is 0 Å². The standard InChI is InChI=1S/C15H30N4/c1-3-7-16-14(5-1)11-18-9-10-19(13-18)12-15-6-2-4-8-17-15/h14-17H,1-13H2. The smallest absolute Gasteiger partial charge is 0.0508 e. The zero-order chi connectivity index (χ0) is 12.9. The molecule has 0 spiro atoms. The van der Waals surface area contributed by atoms with Gasteiger partial charge in [0, 0.05) is 38.3 Å². The summed E-state index contributed by atoms with van der Waals surface area (Å²) in [5, 5.41) is 7.34. The molecule has 0 aromatic rings. The second-order valence-corrected chi connectivity index (χ2v) is 6.59. The van der Waals surface area contributed by atoms with Crippen LogP contribution in [-0.4, -0.2) is 67.8 Å². The van der Waals surface area contributed by atoms with Crippen molar-refractivity contribution in [2.75, 3.05) is 45.9 Å². The lowest BCUT2D eigenvalue weighted by Gasteiger charge is -2.30. The average molecular weight is 266 g/mol. The minimum Gasteiger partial charge on any atom is -0.313 e. The van der Waals surface area contributed by atoms with Crippen LogP contribution < -0.4 is 10.6 Å². The SMILES string of the molecule is C1CCC(CN2CCN(CC3CCCCN3)C2)NC1. The van der Waals surface area contributed by atoms with E-state index in [9.17, 15) is 0 Å². The minimum absolute atomic E-state index is 0.751. The Morgan fingerprint density at radius 2 is 1.26 bits per heavy atom. The van der Waals surface area contributed by atoms with E-state index in [1.54, 1.807) is 0 Å².